The van der Waals surface area contributed by atoms with Gasteiger partial charge < -0.3 is 11.1 Å². The predicted octanol–water partition coefficient (Wildman–Crippen LogP) is 1.58. The summed E-state index contributed by atoms with van der Waals surface area (Å²) >= 11 is 0. The molecule has 3 N–H and O–H groups in total. The maximum Gasteiger partial charge on any atom is 0.189 e. The molecule has 118 valence electrons. The molecule has 0 unspecified atom stereocenters. The van der Waals surface area contributed by atoms with Crippen LogP contribution in [-0.2, 0) is 22.1 Å². The highest BCUT2D eigenvalue weighted by Crippen LogP contribution is 2.15. The first-order chi connectivity index (χ1) is 9.31. The van der Waals surface area contributed by atoms with Crippen molar-refractivity contribution in [3.05, 3.63) is 47.8 Å². The van der Waals surface area contributed by atoms with Crippen LogP contribution in [0.2, 0.25) is 0 Å². The lowest BCUT2D eigenvalue weighted by Crippen LogP contribution is -2.31. The summed E-state index contributed by atoms with van der Waals surface area (Å²) in [4.78, 5) is 4.04. The second-order valence-electron chi connectivity index (χ2n) is 4.35. The van der Waals surface area contributed by atoms with Crippen LogP contribution >= 0.6 is 24.0 Å². The molecule has 0 spiro atoms. The van der Waals surface area contributed by atoms with Gasteiger partial charge in [-0.2, -0.15) is 0 Å². The van der Waals surface area contributed by atoms with Crippen LogP contribution in [0, 0.1) is 5.82 Å². The predicted molar refractivity (Wildman–Crippen MR) is 93.9 cm³/mol. The number of hydrogen-bond acceptors (Lipinski definition) is 3. The average molecular weight is 427 g/mol. The molecule has 0 saturated carbocycles. The second-order valence-corrected chi connectivity index (χ2v) is 6.49. The highest BCUT2D eigenvalue weighted by molar-refractivity contribution is 14.0. The van der Waals surface area contributed by atoms with Crippen LogP contribution in [0.1, 0.15) is 11.1 Å². The van der Waals surface area contributed by atoms with E-state index in [9.17, 15) is 12.8 Å². The number of aliphatic imine (C=N–C) groups is 1. The van der Waals surface area contributed by atoms with Gasteiger partial charge in [0, 0.05) is 12.8 Å². The molecular formula is C13H19FIN3O2S. The highest BCUT2D eigenvalue weighted by atomic mass is 127. The van der Waals surface area contributed by atoms with E-state index >= 15 is 0 Å². The molecule has 1 aromatic rings. The first-order valence-corrected chi connectivity index (χ1v) is 7.97. The summed E-state index contributed by atoms with van der Waals surface area (Å²) in [5.74, 6) is -0.400. The number of nitrogens with two attached hydrogens (primary N) is 1. The number of nitrogens with one attached hydrogen (secondary N) is 1. The summed E-state index contributed by atoms with van der Waals surface area (Å²) in [5, 5.41) is 2.78. The normalized spacial score (nSPS) is 11.6. The summed E-state index contributed by atoms with van der Waals surface area (Å²) in [6.07, 6.45) is 2.75. The second kappa shape index (κ2) is 8.98. The molecule has 21 heavy (non-hydrogen) atoms. The third kappa shape index (κ3) is 8.00. The van der Waals surface area contributed by atoms with E-state index in [4.69, 9.17) is 5.73 Å². The molecule has 8 heteroatoms. The maximum absolute atomic E-state index is 13.2. The fourth-order valence-corrected chi connectivity index (χ4v) is 2.41. The Bertz CT molecular complexity index is 618. The lowest BCUT2D eigenvalue weighted by Gasteiger charge is -2.08. The molecule has 0 atom stereocenters. The fourth-order valence-electron chi connectivity index (χ4n) is 1.57. The van der Waals surface area contributed by atoms with Crippen LogP contribution in [0.25, 0.3) is 0 Å². The minimum absolute atomic E-state index is 0. The van der Waals surface area contributed by atoms with Gasteiger partial charge in [-0.25, -0.2) is 17.8 Å². The van der Waals surface area contributed by atoms with Crippen molar-refractivity contribution < 1.29 is 12.8 Å². The van der Waals surface area contributed by atoms with Crippen LogP contribution in [-0.4, -0.2) is 27.2 Å². The third-order valence-electron chi connectivity index (χ3n) is 2.43. The molecule has 0 heterocycles. The number of guanidine groups is 1. The van der Waals surface area contributed by atoms with Crippen molar-refractivity contribution in [2.75, 3.05) is 12.8 Å². The molecular weight excluding hydrogens is 408 g/mol. The SMILES string of the molecule is C=CCNC(N)=NCc1cc(F)ccc1CS(C)(=O)=O.I. The molecule has 0 amide bonds. The summed E-state index contributed by atoms with van der Waals surface area (Å²) in [6, 6.07) is 3.95. The number of hydrogen-bond donors (Lipinski definition) is 2. The van der Waals surface area contributed by atoms with Gasteiger partial charge >= 0.3 is 0 Å². The highest BCUT2D eigenvalue weighted by Gasteiger charge is 2.10. The van der Waals surface area contributed by atoms with Crippen LogP contribution in [0.15, 0.2) is 35.8 Å². The molecule has 0 aliphatic heterocycles. The van der Waals surface area contributed by atoms with E-state index in [1.54, 1.807) is 6.08 Å². The van der Waals surface area contributed by atoms with Crippen molar-refractivity contribution in [2.45, 2.75) is 12.3 Å². The standard InChI is InChI=1S/C13H18FN3O2S.HI/c1-3-6-16-13(15)17-8-11-7-12(14)5-4-10(11)9-20(2,18)19;/h3-5,7H,1,6,8-9H2,2H3,(H3,15,16,17);1H. The summed E-state index contributed by atoms with van der Waals surface area (Å²) < 4.78 is 35.9. The van der Waals surface area contributed by atoms with E-state index in [-0.39, 0.29) is 42.2 Å². The molecule has 0 aliphatic rings. The van der Waals surface area contributed by atoms with Crippen molar-refractivity contribution >= 4 is 39.8 Å². The first-order valence-electron chi connectivity index (χ1n) is 5.91. The molecule has 0 aromatic heterocycles. The van der Waals surface area contributed by atoms with Crippen molar-refractivity contribution in [3.8, 4) is 0 Å². The number of nitrogens with zero attached hydrogens (tertiary/aromatic N) is 1. The molecule has 5 nitrogen and oxygen atoms in total. The molecule has 0 bridgehead atoms. The Morgan fingerprint density at radius 2 is 2.14 bits per heavy atom. The van der Waals surface area contributed by atoms with Crippen LogP contribution < -0.4 is 11.1 Å². The Kier molecular flexibility index (Phi) is 8.48. The topological polar surface area (TPSA) is 84.5 Å². The fraction of sp³-hybridized carbons (Fsp3) is 0.308. The van der Waals surface area contributed by atoms with E-state index in [1.165, 1.54) is 18.2 Å². The van der Waals surface area contributed by atoms with Gasteiger partial charge in [-0.15, -0.1) is 30.6 Å². The monoisotopic (exact) mass is 427 g/mol. The summed E-state index contributed by atoms with van der Waals surface area (Å²) in [7, 11) is -3.20. The molecule has 0 aliphatic carbocycles. The van der Waals surface area contributed by atoms with Gasteiger partial charge in [-0.3, -0.25) is 0 Å². The molecule has 1 aromatic carbocycles. The van der Waals surface area contributed by atoms with E-state index < -0.39 is 15.7 Å². The van der Waals surface area contributed by atoms with E-state index in [2.05, 4.69) is 16.9 Å². The van der Waals surface area contributed by atoms with E-state index in [0.29, 0.717) is 17.7 Å². The van der Waals surface area contributed by atoms with Crippen LogP contribution in [0.5, 0.6) is 0 Å². The number of rotatable bonds is 6. The minimum atomic E-state index is -3.20. The van der Waals surface area contributed by atoms with Crippen molar-refractivity contribution in [1.82, 2.24) is 5.32 Å². The lowest BCUT2D eigenvalue weighted by molar-refractivity contribution is 0.600. The zero-order chi connectivity index (χ0) is 15.2. The molecule has 0 radical (unpaired) electrons. The Labute approximate surface area is 141 Å². The molecule has 0 saturated heterocycles. The maximum atomic E-state index is 13.2. The average Bonchev–Trinajstić information content (AvgIpc) is 2.35. The van der Waals surface area contributed by atoms with Gasteiger partial charge in [-0.1, -0.05) is 12.1 Å². The number of benzene rings is 1. The van der Waals surface area contributed by atoms with Crippen LogP contribution in [0.3, 0.4) is 0 Å². The lowest BCUT2D eigenvalue weighted by atomic mass is 10.1. The van der Waals surface area contributed by atoms with Crippen molar-refractivity contribution in [1.29, 1.82) is 0 Å². The largest absolute Gasteiger partial charge is 0.370 e. The van der Waals surface area contributed by atoms with Gasteiger partial charge in [-0.05, 0) is 23.3 Å². The number of halogens is 2. The van der Waals surface area contributed by atoms with Gasteiger partial charge in [0.05, 0.1) is 12.3 Å². The molecule has 0 fully saturated rings. The van der Waals surface area contributed by atoms with Crippen molar-refractivity contribution in [2.24, 2.45) is 10.7 Å². The Balaban J connectivity index is 0.00000400. The zero-order valence-electron chi connectivity index (χ0n) is 11.7. The first kappa shape index (κ1) is 19.8. The summed E-state index contributed by atoms with van der Waals surface area (Å²) in [6.45, 7) is 4.10. The van der Waals surface area contributed by atoms with E-state index in [1.807, 2.05) is 0 Å². The van der Waals surface area contributed by atoms with Gasteiger partial charge in [0.15, 0.2) is 15.8 Å². The number of sulfone groups is 1. The Morgan fingerprint density at radius 1 is 1.48 bits per heavy atom. The third-order valence-corrected chi connectivity index (χ3v) is 3.27. The Morgan fingerprint density at radius 3 is 2.71 bits per heavy atom. The van der Waals surface area contributed by atoms with Crippen molar-refractivity contribution in [3.63, 3.8) is 0 Å². The summed E-state index contributed by atoms with van der Waals surface area (Å²) in [5.41, 5.74) is 6.62. The Hall–Kier alpha value is -1.16. The van der Waals surface area contributed by atoms with Gasteiger partial charge in [0.25, 0.3) is 0 Å². The minimum Gasteiger partial charge on any atom is -0.370 e. The van der Waals surface area contributed by atoms with Gasteiger partial charge in [0.2, 0.25) is 0 Å². The van der Waals surface area contributed by atoms with E-state index in [0.717, 1.165) is 6.26 Å². The zero-order valence-corrected chi connectivity index (χ0v) is 14.8. The quantitative estimate of drug-likeness (QED) is 0.313. The van der Waals surface area contributed by atoms with Gasteiger partial charge in [0.1, 0.15) is 5.82 Å². The van der Waals surface area contributed by atoms with Crippen LogP contribution in [0.4, 0.5) is 4.39 Å². The molecule has 1 rings (SSSR count). The smallest absolute Gasteiger partial charge is 0.189 e.